The fourth-order valence-electron chi connectivity index (χ4n) is 1.40. The zero-order valence-electron chi connectivity index (χ0n) is 10.3. The highest BCUT2D eigenvalue weighted by molar-refractivity contribution is 5.59. The first-order chi connectivity index (χ1) is 8.67. The highest BCUT2D eigenvalue weighted by Gasteiger charge is 2.15. The second-order valence-corrected chi connectivity index (χ2v) is 3.43. The Hall–Kier alpha value is -2.71. The van der Waals surface area contributed by atoms with Crippen molar-refractivity contribution in [2.45, 2.75) is 6.92 Å². The lowest BCUT2D eigenvalue weighted by atomic mass is 10.2. The first kappa shape index (κ1) is 13.4. The molecule has 0 radical (unpaired) electrons. The van der Waals surface area contributed by atoms with E-state index in [-0.39, 0.29) is 11.4 Å². The number of nitrogens with zero attached hydrogens (tertiary/aromatic N) is 4. The van der Waals surface area contributed by atoms with Crippen LogP contribution in [0.1, 0.15) is 18.1 Å². The molecule has 1 heterocycles. The fraction of sp³-hybridized carbons (Fsp3) is 0.308. The van der Waals surface area contributed by atoms with E-state index in [2.05, 4.69) is 10.9 Å². The minimum absolute atomic E-state index is 0.220. The lowest BCUT2D eigenvalue weighted by Crippen LogP contribution is -2.20. The van der Waals surface area contributed by atoms with Gasteiger partial charge in [0.25, 0.3) is 0 Å². The molecule has 90 valence electrons. The number of terminal acetylenes is 1. The van der Waals surface area contributed by atoms with Crippen LogP contribution in [0.5, 0.6) is 5.88 Å². The molecule has 0 unspecified atom stereocenters. The topological polar surface area (TPSA) is 72.9 Å². The van der Waals surface area contributed by atoms with Crippen LogP contribution in [-0.4, -0.2) is 25.2 Å². The molecule has 0 atom stereocenters. The van der Waals surface area contributed by atoms with E-state index < -0.39 is 0 Å². The molecule has 0 fully saturated rings. The lowest BCUT2D eigenvalue weighted by molar-refractivity contribution is 0.326. The molecule has 0 spiro atoms. The molecule has 0 saturated heterocycles. The van der Waals surface area contributed by atoms with Crippen LogP contribution < -0.4 is 9.64 Å². The van der Waals surface area contributed by atoms with Crippen molar-refractivity contribution in [2.75, 3.05) is 25.1 Å². The van der Waals surface area contributed by atoms with Crippen LogP contribution >= 0.6 is 0 Å². The summed E-state index contributed by atoms with van der Waals surface area (Å²) < 4.78 is 5.28. The van der Waals surface area contributed by atoms with Gasteiger partial charge in [0.05, 0.1) is 18.7 Å². The molecule has 0 N–H and O–H groups in total. The monoisotopic (exact) mass is 240 g/mol. The number of rotatable bonds is 4. The van der Waals surface area contributed by atoms with E-state index in [1.165, 1.54) is 6.07 Å². The maximum absolute atomic E-state index is 9.06. The number of anilines is 1. The van der Waals surface area contributed by atoms with Gasteiger partial charge < -0.3 is 9.64 Å². The van der Waals surface area contributed by atoms with Crippen molar-refractivity contribution in [3.63, 3.8) is 0 Å². The van der Waals surface area contributed by atoms with Crippen molar-refractivity contribution in [2.24, 2.45) is 0 Å². The second kappa shape index (κ2) is 6.13. The van der Waals surface area contributed by atoms with Gasteiger partial charge in [-0.15, -0.1) is 6.42 Å². The second-order valence-electron chi connectivity index (χ2n) is 3.43. The number of ether oxygens (including phenoxy) is 1. The van der Waals surface area contributed by atoms with E-state index in [4.69, 9.17) is 21.7 Å². The molecule has 1 aromatic rings. The van der Waals surface area contributed by atoms with Crippen LogP contribution in [0.25, 0.3) is 0 Å². The molecule has 0 bridgehead atoms. The van der Waals surface area contributed by atoms with Gasteiger partial charge in [0.15, 0.2) is 5.82 Å². The number of aromatic nitrogens is 1. The van der Waals surface area contributed by atoms with Gasteiger partial charge in [0.2, 0.25) is 5.88 Å². The Morgan fingerprint density at radius 1 is 1.39 bits per heavy atom. The quantitative estimate of drug-likeness (QED) is 0.741. The third kappa shape index (κ3) is 2.70. The summed E-state index contributed by atoms with van der Waals surface area (Å²) in [4.78, 5) is 5.84. The highest BCUT2D eigenvalue weighted by Crippen LogP contribution is 2.24. The summed E-state index contributed by atoms with van der Waals surface area (Å²) in [6.45, 7) is 2.51. The van der Waals surface area contributed by atoms with Gasteiger partial charge in [-0.1, -0.05) is 5.92 Å². The van der Waals surface area contributed by atoms with E-state index in [1.807, 2.05) is 12.1 Å². The summed E-state index contributed by atoms with van der Waals surface area (Å²) in [6, 6.07) is 5.41. The number of hydrogen-bond acceptors (Lipinski definition) is 5. The Morgan fingerprint density at radius 3 is 2.56 bits per heavy atom. The SMILES string of the molecule is C#CCN(C)c1nc(OCC)c(C#N)cc1C#N. The molecule has 18 heavy (non-hydrogen) atoms. The van der Waals surface area contributed by atoms with Crippen molar-refractivity contribution in [1.82, 2.24) is 4.98 Å². The summed E-state index contributed by atoms with van der Waals surface area (Å²) in [5.74, 6) is 3.10. The van der Waals surface area contributed by atoms with Crippen molar-refractivity contribution >= 4 is 5.82 Å². The Bertz CT molecular complexity index is 560. The van der Waals surface area contributed by atoms with Crippen LogP contribution in [0, 0.1) is 35.0 Å². The summed E-state index contributed by atoms with van der Waals surface area (Å²) >= 11 is 0. The predicted octanol–water partition coefficient (Wildman–Crippen LogP) is 1.29. The van der Waals surface area contributed by atoms with Gasteiger partial charge in [-0.25, -0.2) is 0 Å². The van der Waals surface area contributed by atoms with E-state index in [1.54, 1.807) is 18.9 Å². The standard InChI is InChI=1S/C13H12N4O/c1-4-6-17(3)12-10(8-14)7-11(9-15)13(16-12)18-5-2/h1,7H,5-6H2,2-3H3. The molecular weight excluding hydrogens is 228 g/mol. The van der Waals surface area contributed by atoms with Gasteiger partial charge in [0, 0.05) is 7.05 Å². The maximum atomic E-state index is 9.06. The van der Waals surface area contributed by atoms with Gasteiger partial charge in [-0.3, -0.25) is 0 Å². The van der Waals surface area contributed by atoms with Crippen LogP contribution in [0.4, 0.5) is 5.82 Å². The van der Waals surface area contributed by atoms with Crippen molar-refractivity contribution < 1.29 is 4.74 Å². The van der Waals surface area contributed by atoms with E-state index in [9.17, 15) is 0 Å². The van der Waals surface area contributed by atoms with Crippen molar-refractivity contribution in [3.8, 4) is 30.4 Å². The number of hydrogen-bond donors (Lipinski definition) is 0. The molecule has 0 aliphatic carbocycles. The van der Waals surface area contributed by atoms with E-state index >= 15 is 0 Å². The molecule has 0 aliphatic heterocycles. The Morgan fingerprint density at radius 2 is 2.06 bits per heavy atom. The van der Waals surface area contributed by atoms with E-state index in [0.717, 1.165) is 0 Å². The molecule has 0 saturated carbocycles. The molecule has 5 heteroatoms. The Balaban J connectivity index is 3.34. The lowest BCUT2D eigenvalue weighted by Gasteiger charge is -2.17. The van der Waals surface area contributed by atoms with Gasteiger partial charge in [0.1, 0.15) is 17.7 Å². The summed E-state index contributed by atoms with van der Waals surface area (Å²) in [7, 11) is 1.73. The van der Waals surface area contributed by atoms with Crippen LogP contribution in [-0.2, 0) is 0 Å². The van der Waals surface area contributed by atoms with Gasteiger partial charge in [-0.05, 0) is 13.0 Å². The van der Waals surface area contributed by atoms with Crippen LogP contribution in [0.3, 0.4) is 0 Å². The summed E-state index contributed by atoms with van der Waals surface area (Å²) in [5, 5.41) is 18.0. The molecule has 1 aromatic heterocycles. The fourth-order valence-corrected chi connectivity index (χ4v) is 1.40. The average molecular weight is 240 g/mol. The first-order valence-corrected chi connectivity index (χ1v) is 5.30. The molecular formula is C13H12N4O. The summed E-state index contributed by atoms with van der Waals surface area (Å²) in [6.07, 6.45) is 5.23. The smallest absolute Gasteiger partial charge is 0.233 e. The van der Waals surface area contributed by atoms with Gasteiger partial charge >= 0.3 is 0 Å². The third-order valence-electron chi connectivity index (χ3n) is 2.18. The Labute approximate surface area is 106 Å². The van der Waals surface area contributed by atoms with Gasteiger partial charge in [-0.2, -0.15) is 15.5 Å². The first-order valence-electron chi connectivity index (χ1n) is 5.30. The maximum Gasteiger partial charge on any atom is 0.233 e. The highest BCUT2D eigenvalue weighted by atomic mass is 16.5. The average Bonchev–Trinajstić information content (AvgIpc) is 2.38. The molecule has 5 nitrogen and oxygen atoms in total. The normalized spacial score (nSPS) is 8.83. The van der Waals surface area contributed by atoms with Crippen LogP contribution in [0.15, 0.2) is 6.07 Å². The molecule has 0 aromatic carbocycles. The zero-order chi connectivity index (χ0) is 13.5. The molecule has 0 aliphatic rings. The van der Waals surface area contributed by atoms with Crippen molar-refractivity contribution in [3.05, 3.63) is 17.2 Å². The number of pyridine rings is 1. The molecule has 1 rings (SSSR count). The zero-order valence-corrected chi connectivity index (χ0v) is 10.3. The van der Waals surface area contributed by atoms with Crippen molar-refractivity contribution in [1.29, 1.82) is 10.5 Å². The minimum atomic E-state index is 0.220. The largest absolute Gasteiger partial charge is 0.477 e. The van der Waals surface area contributed by atoms with E-state index in [0.29, 0.717) is 24.5 Å². The predicted molar refractivity (Wildman–Crippen MR) is 66.9 cm³/mol. The molecule has 0 amide bonds. The third-order valence-corrected chi connectivity index (χ3v) is 2.18. The van der Waals surface area contributed by atoms with Crippen LogP contribution in [0.2, 0.25) is 0 Å². The summed E-state index contributed by atoms with van der Waals surface area (Å²) in [5.41, 5.74) is 0.541. The minimum Gasteiger partial charge on any atom is -0.477 e. The number of nitriles is 2. The Kier molecular flexibility index (Phi) is 4.55.